The second kappa shape index (κ2) is 7.54. The molecule has 1 unspecified atom stereocenters. The number of carbonyl (C=O) groups excluding carboxylic acids is 1. The molecule has 0 bridgehead atoms. The van der Waals surface area contributed by atoms with Crippen molar-refractivity contribution in [2.45, 2.75) is 51.0 Å². The first-order valence-corrected chi connectivity index (χ1v) is 9.54. The van der Waals surface area contributed by atoms with E-state index in [1.54, 1.807) is 19.9 Å². The highest BCUT2D eigenvalue weighted by molar-refractivity contribution is 7.89. The van der Waals surface area contributed by atoms with Crippen LogP contribution in [0.5, 0.6) is 0 Å². The molecule has 0 aliphatic heterocycles. The van der Waals surface area contributed by atoms with Gasteiger partial charge in [-0.25, -0.2) is 13.1 Å². The van der Waals surface area contributed by atoms with E-state index in [9.17, 15) is 13.2 Å². The number of hydrogen-bond donors (Lipinski definition) is 3. The number of aryl methyl sites for hydroxylation is 2. The molecule has 22 heavy (non-hydrogen) atoms. The molecule has 1 atom stereocenters. The zero-order chi connectivity index (χ0) is 17.0. The maximum atomic E-state index is 12.2. The topological polar surface area (TPSA) is 101 Å². The molecule has 0 radical (unpaired) electrons. The number of sulfonamides is 1. The highest BCUT2D eigenvalue weighted by atomic mass is 32.2. The van der Waals surface area contributed by atoms with Crippen molar-refractivity contribution in [2.24, 2.45) is 5.73 Å². The van der Waals surface area contributed by atoms with E-state index in [1.165, 1.54) is 11.3 Å². The zero-order valence-corrected chi connectivity index (χ0v) is 15.2. The number of nitrogens with two attached hydrogens (primary N) is 1. The molecule has 6 nitrogen and oxygen atoms in total. The van der Waals surface area contributed by atoms with Crippen LogP contribution in [0, 0.1) is 13.8 Å². The van der Waals surface area contributed by atoms with Crippen LogP contribution < -0.4 is 15.8 Å². The summed E-state index contributed by atoms with van der Waals surface area (Å²) < 4.78 is 26.8. The van der Waals surface area contributed by atoms with E-state index < -0.39 is 15.6 Å². The van der Waals surface area contributed by atoms with E-state index in [-0.39, 0.29) is 19.0 Å². The van der Waals surface area contributed by atoms with Crippen LogP contribution in [0.2, 0.25) is 0 Å². The van der Waals surface area contributed by atoms with E-state index in [1.807, 2.05) is 13.8 Å². The fourth-order valence-corrected chi connectivity index (χ4v) is 4.73. The van der Waals surface area contributed by atoms with Gasteiger partial charge in [-0.05, 0) is 33.3 Å². The van der Waals surface area contributed by atoms with Crippen LogP contribution in [-0.4, -0.2) is 33.0 Å². The largest absolute Gasteiger partial charge is 0.353 e. The van der Waals surface area contributed by atoms with Crippen molar-refractivity contribution in [3.8, 4) is 0 Å². The quantitative estimate of drug-likeness (QED) is 0.617. The predicted octanol–water partition coefficient (Wildman–Crippen LogP) is 1.28. The zero-order valence-electron chi connectivity index (χ0n) is 13.5. The Morgan fingerprint density at radius 2 is 2.00 bits per heavy atom. The molecule has 0 saturated heterocycles. The molecule has 0 aliphatic carbocycles. The minimum atomic E-state index is -3.54. The van der Waals surface area contributed by atoms with Gasteiger partial charge in [-0.15, -0.1) is 11.3 Å². The molecule has 0 aromatic carbocycles. The summed E-state index contributed by atoms with van der Waals surface area (Å²) in [5.74, 6) is -0.267. The summed E-state index contributed by atoms with van der Waals surface area (Å²) in [5.41, 5.74) is 4.98. The van der Waals surface area contributed by atoms with Crippen LogP contribution in [0.3, 0.4) is 0 Å². The van der Waals surface area contributed by atoms with E-state index >= 15 is 0 Å². The van der Waals surface area contributed by atoms with Gasteiger partial charge in [-0.2, -0.15) is 0 Å². The van der Waals surface area contributed by atoms with Gasteiger partial charge in [0.25, 0.3) is 0 Å². The van der Waals surface area contributed by atoms with Gasteiger partial charge in [-0.3, -0.25) is 4.79 Å². The number of thiophene rings is 1. The molecule has 4 N–H and O–H groups in total. The smallest absolute Gasteiger partial charge is 0.241 e. The fourth-order valence-electron chi connectivity index (χ4n) is 2.15. The molecule has 0 spiro atoms. The molecule has 1 heterocycles. The first kappa shape index (κ1) is 19.1. The standard InChI is InChI=1S/C14H25N3O3S2/c1-5-6-14(4,15)13(18)16-7-8-17-22(19,20)12-9-10(2)21-11(12)3/h9,17H,5-8,15H2,1-4H3,(H,16,18). The maximum Gasteiger partial charge on any atom is 0.241 e. The normalized spacial score (nSPS) is 14.6. The lowest BCUT2D eigenvalue weighted by Crippen LogP contribution is -2.52. The van der Waals surface area contributed by atoms with Gasteiger partial charge >= 0.3 is 0 Å². The van der Waals surface area contributed by atoms with Crippen molar-refractivity contribution in [1.29, 1.82) is 0 Å². The van der Waals surface area contributed by atoms with Crippen LogP contribution in [0.25, 0.3) is 0 Å². The maximum absolute atomic E-state index is 12.2. The van der Waals surface area contributed by atoms with E-state index in [4.69, 9.17) is 5.73 Å². The van der Waals surface area contributed by atoms with Gasteiger partial charge in [0.1, 0.15) is 0 Å². The van der Waals surface area contributed by atoms with Crippen molar-refractivity contribution in [1.82, 2.24) is 10.0 Å². The molecule has 0 aliphatic rings. The lowest BCUT2D eigenvalue weighted by Gasteiger charge is -2.22. The third-order valence-corrected chi connectivity index (χ3v) is 5.96. The van der Waals surface area contributed by atoms with Crippen molar-refractivity contribution in [3.05, 3.63) is 15.8 Å². The molecule has 1 aromatic rings. The first-order valence-electron chi connectivity index (χ1n) is 7.24. The second-order valence-electron chi connectivity index (χ2n) is 5.60. The van der Waals surface area contributed by atoms with Crippen LogP contribution in [-0.2, 0) is 14.8 Å². The van der Waals surface area contributed by atoms with Gasteiger partial charge < -0.3 is 11.1 Å². The van der Waals surface area contributed by atoms with Crippen LogP contribution in [0.4, 0.5) is 0 Å². The summed E-state index contributed by atoms with van der Waals surface area (Å²) in [6.45, 7) is 7.61. The number of nitrogens with one attached hydrogen (secondary N) is 2. The Morgan fingerprint density at radius 1 is 1.36 bits per heavy atom. The fraction of sp³-hybridized carbons (Fsp3) is 0.643. The Balaban J connectivity index is 2.51. The minimum absolute atomic E-state index is 0.130. The molecule has 0 saturated carbocycles. The predicted molar refractivity (Wildman–Crippen MR) is 89.5 cm³/mol. The van der Waals surface area contributed by atoms with Gasteiger partial charge in [0.05, 0.1) is 10.4 Å². The van der Waals surface area contributed by atoms with Gasteiger partial charge in [0, 0.05) is 22.8 Å². The molecular formula is C14H25N3O3S2. The van der Waals surface area contributed by atoms with Gasteiger partial charge in [0.15, 0.2) is 0 Å². The third kappa shape index (κ3) is 5.05. The van der Waals surface area contributed by atoms with Crippen molar-refractivity contribution in [3.63, 3.8) is 0 Å². The summed E-state index contributed by atoms with van der Waals surface area (Å²) in [7, 11) is -3.54. The second-order valence-corrected chi connectivity index (χ2v) is 8.79. The number of amides is 1. The van der Waals surface area contributed by atoms with Gasteiger partial charge in [0.2, 0.25) is 15.9 Å². The SMILES string of the molecule is CCCC(C)(N)C(=O)NCCNS(=O)(=O)c1cc(C)sc1C. The Morgan fingerprint density at radius 3 is 2.50 bits per heavy atom. The Kier molecular flexibility index (Phi) is 6.54. The summed E-state index contributed by atoms with van der Waals surface area (Å²) in [6, 6.07) is 1.65. The molecule has 126 valence electrons. The number of carbonyl (C=O) groups is 1. The number of hydrogen-bond acceptors (Lipinski definition) is 5. The summed E-state index contributed by atoms with van der Waals surface area (Å²) in [4.78, 5) is 13.9. The monoisotopic (exact) mass is 347 g/mol. The van der Waals surface area contributed by atoms with Crippen molar-refractivity contribution < 1.29 is 13.2 Å². The highest BCUT2D eigenvalue weighted by Gasteiger charge is 2.26. The lowest BCUT2D eigenvalue weighted by atomic mass is 9.97. The lowest BCUT2D eigenvalue weighted by molar-refractivity contribution is -0.126. The minimum Gasteiger partial charge on any atom is -0.353 e. The highest BCUT2D eigenvalue weighted by Crippen LogP contribution is 2.24. The Labute approximate surface area is 136 Å². The van der Waals surface area contributed by atoms with Gasteiger partial charge in [-0.1, -0.05) is 13.3 Å². The summed E-state index contributed by atoms with van der Waals surface area (Å²) in [6.07, 6.45) is 1.39. The average molecular weight is 348 g/mol. The summed E-state index contributed by atoms with van der Waals surface area (Å²) in [5, 5.41) is 2.66. The Hall–Kier alpha value is -0.960. The molecule has 8 heteroatoms. The third-order valence-electron chi connectivity index (χ3n) is 3.28. The number of rotatable bonds is 8. The van der Waals surface area contributed by atoms with Crippen molar-refractivity contribution >= 4 is 27.3 Å². The average Bonchev–Trinajstić information content (AvgIpc) is 2.74. The van der Waals surface area contributed by atoms with E-state index in [0.29, 0.717) is 11.3 Å². The van der Waals surface area contributed by atoms with E-state index in [0.717, 1.165) is 16.2 Å². The van der Waals surface area contributed by atoms with Crippen LogP contribution in [0.1, 0.15) is 36.4 Å². The molecule has 1 amide bonds. The van der Waals surface area contributed by atoms with Crippen LogP contribution in [0.15, 0.2) is 11.0 Å². The molecular weight excluding hydrogens is 322 g/mol. The molecule has 1 aromatic heterocycles. The summed E-state index contributed by atoms with van der Waals surface area (Å²) >= 11 is 1.44. The van der Waals surface area contributed by atoms with E-state index in [2.05, 4.69) is 10.0 Å². The molecule has 0 fully saturated rings. The Bertz CT molecular complexity index is 621. The first-order chi connectivity index (χ1) is 10.1. The molecule has 1 rings (SSSR count). The van der Waals surface area contributed by atoms with Crippen molar-refractivity contribution in [2.75, 3.05) is 13.1 Å². The van der Waals surface area contributed by atoms with Crippen LogP contribution >= 0.6 is 11.3 Å².